The van der Waals surface area contributed by atoms with Crippen LogP contribution in [-0.2, 0) is 6.42 Å². The van der Waals surface area contributed by atoms with Gasteiger partial charge in [0.05, 0.1) is 0 Å². The summed E-state index contributed by atoms with van der Waals surface area (Å²) in [5.41, 5.74) is 0.581. The molecule has 1 N–H and O–H groups in total. The lowest BCUT2D eigenvalue weighted by Crippen LogP contribution is -2.27. The second kappa shape index (κ2) is 7.32. The van der Waals surface area contributed by atoms with Crippen LogP contribution in [0, 0.1) is 17.7 Å². The van der Waals surface area contributed by atoms with Crippen molar-refractivity contribution in [1.82, 2.24) is 5.32 Å². The molecule has 1 nitrogen and oxygen atoms in total. The molecule has 1 unspecified atom stereocenters. The Kier molecular flexibility index (Phi) is 6.04. The minimum Gasteiger partial charge on any atom is -0.317 e. The first kappa shape index (κ1) is 14.0. The van der Waals surface area contributed by atoms with E-state index in [1.165, 1.54) is 6.07 Å². The molecule has 0 spiro atoms. The standard InChI is InChI=1S/C14H17ClFN/c1-3-4-5-7-11(17-2)10-12-13(15)8-6-9-14(12)16/h6,8-9,11,17H,5,7,10H2,1-2H3. The summed E-state index contributed by atoms with van der Waals surface area (Å²) in [4.78, 5) is 0. The smallest absolute Gasteiger partial charge is 0.127 e. The van der Waals surface area contributed by atoms with Crippen LogP contribution in [0.2, 0.25) is 5.02 Å². The minimum absolute atomic E-state index is 0.199. The summed E-state index contributed by atoms with van der Waals surface area (Å²) in [5.74, 6) is 5.63. The predicted octanol–water partition coefficient (Wildman–Crippen LogP) is 3.41. The zero-order valence-corrected chi connectivity index (χ0v) is 10.9. The van der Waals surface area contributed by atoms with E-state index < -0.39 is 0 Å². The Morgan fingerprint density at radius 3 is 2.82 bits per heavy atom. The van der Waals surface area contributed by atoms with Gasteiger partial charge in [0.1, 0.15) is 5.82 Å². The van der Waals surface area contributed by atoms with Gasteiger partial charge < -0.3 is 5.32 Å². The van der Waals surface area contributed by atoms with Crippen LogP contribution in [-0.4, -0.2) is 13.1 Å². The number of likely N-dealkylation sites (N-methyl/N-ethyl adjacent to an activating group) is 1. The van der Waals surface area contributed by atoms with Gasteiger partial charge in [-0.1, -0.05) is 17.7 Å². The molecule has 0 radical (unpaired) electrons. The Hall–Kier alpha value is -1.04. The van der Waals surface area contributed by atoms with Gasteiger partial charge in [0.15, 0.2) is 0 Å². The molecule has 0 bridgehead atoms. The molecule has 0 aliphatic rings. The van der Waals surface area contributed by atoms with Gasteiger partial charge in [0.25, 0.3) is 0 Å². The highest BCUT2D eigenvalue weighted by atomic mass is 35.5. The summed E-state index contributed by atoms with van der Waals surface area (Å²) in [7, 11) is 1.87. The lowest BCUT2D eigenvalue weighted by Gasteiger charge is -2.16. The molecule has 92 valence electrons. The van der Waals surface area contributed by atoms with Crippen molar-refractivity contribution in [2.75, 3.05) is 7.05 Å². The molecule has 1 aromatic rings. The van der Waals surface area contributed by atoms with E-state index in [4.69, 9.17) is 11.6 Å². The topological polar surface area (TPSA) is 12.0 Å². The van der Waals surface area contributed by atoms with Crippen LogP contribution in [0.15, 0.2) is 18.2 Å². The van der Waals surface area contributed by atoms with Gasteiger partial charge in [0.2, 0.25) is 0 Å². The molecule has 1 rings (SSSR count). The third-order valence-corrected chi connectivity index (χ3v) is 3.07. The van der Waals surface area contributed by atoms with Gasteiger partial charge >= 0.3 is 0 Å². The van der Waals surface area contributed by atoms with Gasteiger partial charge in [0, 0.05) is 23.0 Å². The molecule has 1 atom stereocenters. The summed E-state index contributed by atoms with van der Waals surface area (Å²) >= 11 is 6.00. The number of hydrogen-bond acceptors (Lipinski definition) is 1. The summed E-state index contributed by atoms with van der Waals surface area (Å²) in [6.45, 7) is 1.82. The van der Waals surface area contributed by atoms with Crippen molar-refractivity contribution < 1.29 is 4.39 Å². The second-order valence-corrected chi connectivity index (χ2v) is 4.26. The average Bonchev–Trinajstić information content (AvgIpc) is 2.32. The van der Waals surface area contributed by atoms with Crippen LogP contribution in [0.5, 0.6) is 0 Å². The molecule has 0 aliphatic carbocycles. The molecule has 17 heavy (non-hydrogen) atoms. The molecule has 0 saturated carbocycles. The van der Waals surface area contributed by atoms with E-state index in [1.54, 1.807) is 12.1 Å². The SMILES string of the molecule is CC#CCCC(Cc1c(F)cccc1Cl)NC. The number of nitrogens with one attached hydrogen (secondary N) is 1. The third kappa shape index (κ3) is 4.38. The number of rotatable bonds is 5. The van der Waals surface area contributed by atoms with Gasteiger partial charge in [-0.15, -0.1) is 11.8 Å². The molecule has 0 aliphatic heterocycles. The van der Waals surface area contributed by atoms with Gasteiger partial charge in [-0.2, -0.15) is 0 Å². The lowest BCUT2D eigenvalue weighted by atomic mass is 10.0. The second-order valence-electron chi connectivity index (χ2n) is 3.86. The molecular weight excluding hydrogens is 237 g/mol. The van der Waals surface area contributed by atoms with Crippen LogP contribution in [0.3, 0.4) is 0 Å². The molecule has 0 amide bonds. The van der Waals surface area contributed by atoms with Crippen LogP contribution < -0.4 is 5.32 Å². The molecule has 3 heteroatoms. The monoisotopic (exact) mass is 253 g/mol. The van der Waals surface area contributed by atoms with Gasteiger partial charge in [-0.25, -0.2) is 4.39 Å². The first-order valence-electron chi connectivity index (χ1n) is 5.68. The fraction of sp³-hybridized carbons (Fsp3) is 0.429. The number of hydrogen-bond donors (Lipinski definition) is 1. The minimum atomic E-state index is -0.237. The first-order valence-corrected chi connectivity index (χ1v) is 6.06. The third-order valence-electron chi connectivity index (χ3n) is 2.72. The zero-order chi connectivity index (χ0) is 12.7. The maximum Gasteiger partial charge on any atom is 0.127 e. The average molecular weight is 254 g/mol. The highest BCUT2D eigenvalue weighted by molar-refractivity contribution is 6.31. The zero-order valence-electron chi connectivity index (χ0n) is 10.2. The van der Waals surface area contributed by atoms with E-state index in [2.05, 4.69) is 17.2 Å². The van der Waals surface area contributed by atoms with Crippen LogP contribution in [0.25, 0.3) is 0 Å². The summed E-state index contributed by atoms with van der Waals surface area (Å²) in [6, 6.07) is 4.99. The molecule has 1 aromatic carbocycles. The van der Waals surface area contributed by atoms with Crippen molar-refractivity contribution in [3.05, 3.63) is 34.6 Å². The van der Waals surface area contributed by atoms with Gasteiger partial charge in [-0.3, -0.25) is 0 Å². The quantitative estimate of drug-likeness (QED) is 0.793. The predicted molar refractivity (Wildman–Crippen MR) is 70.6 cm³/mol. The van der Waals surface area contributed by atoms with Crippen LogP contribution in [0.4, 0.5) is 4.39 Å². The van der Waals surface area contributed by atoms with E-state index >= 15 is 0 Å². The van der Waals surface area contributed by atoms with Crippen molar-refractivity contribution >= 4 is 11.6 Å². The maximum atomic E-state index is 13.6. The highest BCUT2D eigenvalue weighted by Gasteiger charge is 2.12. The fourth-order valence-corrected chi connectivity index (χ4v) is 1.93. The Morgan fingerprint density at radius 2 is 2.24 bits per heavy atom. The van der Waals surface area contributed by atoms with Crippen molar-refractivity contribution in [2.24, 2.45) is 0 Å². The Morgan fingerprint density at radius 1 is 1.47 bits per heavy atom. The molecule has 0 saturated heterocycles. The van der Waals surface area contributed by atoms with Crippen molar-refractivity contribution in [1.29, 1.82) is 0 Å². The molecule has 0 heterocycles. The Bertz CT molecular complexity index is 400. The largest absolute Gasteiger partial charge is 0.317 e. The molecule has 0 aromatic heterocycles. The molecular formula is C14H17ClFN. The van der Waals surface area contributed by atoms with E-state index in [0.717, 1.165) is 12.8 Å². The Labute approximate surface area is 107 Å². The fourth-order valence-electron chi connectivity index (χ4n) is 1.69. The van der Waals surface area contributed by atoms with E-state index in [-0.39, 0.29) is 11.9 Å². The lowest BCUT2D eigenvalue weighted by molar-refractivity contribution is 0.510. The van der Waals surface area contributed by atoms with E-state index in [1.807, 2.05) is 14.0 Å². The van der Waals surface area contributed by atoms with Gasteiger partial charge in [-0.05, 0) is 38.9 Å². The number of halogens is 2. The van der Waals surface area contributed by atoms with E-state index in [0.29, 0.717) is 17.0 Å². The van der Waals surface area contributed by atoms with Crippen molar-refractivity contribution in [3.63, 3.8) is 0 Å². The summed E-state index contributed by atoms with van der Waals surface area (Å²) in [5, 5.41) is 3.66. The van der Waals surface area contributed by atoms with Crippen LogP contribution in [0.1, 0.15) is 25.3 Å². The van der Waals surface area contributed by atoms with Crippen molar-refractivity contribution in [3.8, 4) is 11.8 Å². The van der Waals surface area contributed by atoms with Crippen molar-refractivity contribution in [2.45, 2.75) is 32.2 Å². The first-order chi connectivity index (χ1) is 8.19. The number of benzene rings is 1. The summed E-state index contributed by atoms with van der Waals surface area (Å²) < 4.78 is 13.6. The highest BCUT2D eigenvalue weighted by Crippen LogP contribution is 2.21. The Balaban J connectivity index is 2.69. The molecule has 0 fully saturated rings. The normalized spacial score (nSPS) is 11.8. The maximum absolute atomic E-state index is 13.6. The van der Waals surface area contributed by atoms with Crippen LogP contribution >= 0.6 is 11.6 Å². The van der Waals surface area contributed by atoms with E-state index in [9.17, 15) is 4.39 Å². The summed E-state index contributed by atoms with van der Waals surface area (Å²) in [6.07, 6.45) is 2.30.